The molecule has 37 heavy (non-hydrogen) atoms. The quantitative estimate of drug-likeness (QED) is 0.343. The highest BCUT2D eigenvalue weighted by Crippen LogP contribution is 2.31. The lowest BCUT2D eigenvalue weighted by Crippen LogP contribution is -2.53. The average molecular weight is 503 g/mol. The summed E-state index contributed by atoms with van der Waals surface area (Å²) >= 11 is 0. The Balaban J connectivity index is 1.65. The van der Waals surface area contributed by atoms with Crippen LogP contribution >= 0.6 is 0 Å². The molecule has 3 heterocycles. The van der Waals surface area contributed by atoms with Crippen LogP contribution in [0.5, 0.6) is 0 Å². The van der Waals surface area contributed by atoms with Gasteiger partial charge in [-0.1, -0.05) is 12.6 Å². The Morgan fingerprint density at radius 3 is 2.92 bits per heavy atom. The first-order chi connectivity index (χ1) is 17.9. The van der Waals surface area contributed by atoms with Crippen molar-refractivity contribution < 1.29 is 9.53 Å². The second kappa shape index (κ2) is 11.8. The van der Waals surface area contributed by atoms with Gasteiger partial charge in [-0.15, -0.1) is 0 Å². The van der Waals surface area contributed by atoms with Crippen molar-refractivity contribution in [3.05, 3.63) is 60.6 Å². The lowest BCUT2D eigenvalue weighted by Gasteiger charge is -2.37. The number of aromatic amines is 1. The first kappa shape index (κ1) is 26.1. The Labute approximate surface area is 216 Å². The summed E-state index contributed by atoms with van der Waals surface area (Å²) in [6, 6.07) is 9.00. The molecule has 10 nitrogen and oxygen atoms in total. The number of nitrogens with two attached hydrogens (primary N) is 1. The molecule has 0 saturated carbocycles. The Morgan fingerprint density at radius 1 is 1.35 bits per heavy atom. The van der Waals surface area contributed by atoms with E-state index in [-0.39, 0.29) is 12.6 Å². The standard InChI is InChI=1S/C27H34N8O2/c1-5-37-27(36)34-26-32-24-12-21(11-23(25(24)33-26)19(4)29-10-6-9-28)20-7-8-22(31-14-20)16-35-15-17(2)30-13-18(35)3/h6-12,14,17-18,30H,4-5,13,15-16,28H2,1-3H3,(H2,32,33,34,36)/b9-6-,29-10?/t17-,18+/m0/s1. The van der Waals surface area contributed by atoms with Crippen LogP contribution in [0.4, 0.5) is 10.7 Å². The number of carbonyl (C=O) groups is 1. The number of amides is 1. The first-order valence-corrected chi connectivity index (χ1v) is 12.4. The van der Waals surface area contributed by atoms with Crippen molar-refractivity contribution in [2.24, 2.45) is 10.7 Å². The number of hydrogen-bond donors (Lipinski definition) is 4. The predicted molar refractivity (Wildman–Crippen MR) is 148 cm³/mol. The lowest BCUT2D eigenvalue weighted by molar-refractivity contribution is 0.137. The number of fused-ring (bicyclic) bond motifs is 1. The number of nitrogens with one attached hydrogen (secondary N) is 3. The monoisotopic (exact) mass is 502 g/mol. The first-order valence-electron chi connectivity index (χ1n) is 12.4. The van der Waals surface area contributed by atoms with Crippen molar-refractivity contribution in [3.63, 3.8) is 0 Å². The average Bonchev–Trinajstić information content (AvgIpc) is 3.28. The van der Waals surface area contributed by atoms with Crippen LogP contribution in [-0.2, 0) is 11.3 Å². The fourth-order valence-corrected chi connectivity index (χ4v) is 4.29. The van der Waals surface area contributed by atoms with E-state index in [9.17, 15) is 4.79 Å². The Hall–Kier alpha value is -4.02. The minimum absolute atomic E-state index is 0.261. The molecule has 0 bridgehead atoms. The zero-order valence-electron chi connectivity index (χ0n) is 21.5. The number of rotatable bonds is 8. The Bertz CT molecular complexity index is 1310. The molecule has 2 aromatic heterocycles. The van der Waals surface area contributed by atoms with Gasteiger partial charge in [-0.2, -0.15) is 0 Å². The molecule has 194 valence electrons. The van der Waals surface area contributed by atoms with Gasteiger partial charge in [0.2, 0.25) is 5.95 Å². The van der Waals surface area contributed by atoms with E-state index in [4.69, 9.17) is 15.5 Å². The molecule has 0 unspecified atom stereocenters. The third-order valence-electron chi connectivity index (χ3n) is 6.24. The van der Waals surface area contributed by atoms with Crippen LogP contribution < -0.4 is 16.4 Å². The van der Waals surface area contributed by atoms with Crippen LogP contribution in [-0.4, -0.2) is 63.9 Å². The topological polar surface area (TPSA) is 134 Å². The number of pyridine rings is 1. The van der Waals surface area contributed by atoms with Gasteiger partial charge >= 0.3 is 6.09 Å². The Morgan fingerprint density at radius 2 is 2.19 bits per heavy atom. The van der Waals surface area contributed by atoms with E-state index < -0.39 is 6.09 Å². The number of anilines is 1. The van der Waals surface area contributed by atoms with E-state index in [0.29, 0.717) is 23.3 Å². The van der Waals surface area contributed by atoms with E-state index in [1.807, 2.05) is 18.3 Å². The van der Waals surface area contributed by atoms with Crippen molar-refractivity contribution in [2.45, 2.75) is 39.4 Å². The van der Waals surface area contributed by atoms with Crippen LogP contribution in [0.1, 0.15) is 32.0 Å². The number of ether oxygens (including phenoxy) is 1. The zero-order valence-corrected chi connectivity index (χ0v) is 21.5. The minimum Gasteiger partial charge on any atom is -0.450 e. The SMILES string of the molecule is C=C(N=C/C=C\N)c1cc(-c2ccc(CN3C[C@H](C)NC[C@H]3C)nc2)cc2[nH]c(NC(=O)OCC)nc12. The van der Waals surface area contributed by atoms with Gasteiger partial charge in [-0.05, 0) is 56.8 Å². The summed E-state index contributed by atoms with van der Waals surface area (Å²) < 4.78 is 4.97. The molecule has 2 atom stereocenters. The molecule has 1 fully saturated rings. The number of carbonyl (C=O) groups excluding carboxylic acids is 1. The van der Waals surface area contributed by atoms with E-state index in [0.717, 1.165) is 47.5 Å². The maximum absolute atomic E-state index is 11.9. The number of imidazole rings is 1. The largest absolute Gasteiger partial charge is 0.450 e. The van der Waals surface area contributed by atoms with Gasteiger partial charge in [0.25, 0.3) is 0 Å². The van der Waals surface area contributed by atoms with Gasteiger partial charge in [0.15, 0.2) is 0 Å². The molecule has 1 amide bonds. The van der Waals surface area contributed by atoms with E-state index in [1.165, 1.54) is 6.20 Å². The van der Waals surface area contributed by atoms with Crippen molar-refractivity contribution in [1.82, 2.24) is 25.2 Å². The number of aromatic nitrogens is 3. The summed E-state index contributed by atoms with van der Waals surface area (Å²) in [5.41, 5.74) is 10.9. The van der Waals surface area contributed by atoms with Crippen LogP contribution in [0.2, 0.25) is 0 Å². The van der Waals surface area contributed by atoms with Gasteiger partial charge in [0.05, 0.1) is 29.0 Å². The molecule has 3 aromatic rings. The molecule has 1 aromatic carbocycles. The molecule has 4 rings (SSSR count). The smallest absolute Gasteiger partial charge is 0.413 e. The number of piperazine rings is 1. The van der Waals surface area contributed by atoms with E-state index in [1.54, 1.807) is 19.2 Å². The van der Waals surface area contributed by atoms with Crippen molar-refractivity contribution >= 4 is 35.0 Å². The maximum atomic E-state index is 11.9. The fraction of sp³-hybridized carbons (Fsp3) is 0.333. The zero-order chi connectivity index (χ0) is 26.4. The molecule has 5 N–H and O–H groups in total. The van der Waals surface area contributed by atoms with Gasteiger partial charge in [0.1, 0.15) is 0 Å². The summed E-state index contributed by atoms with van der Waals surface area (Å²) in [7, 11) is 0. The molecule has 0 spiro atoms. The van der Waals surface area contributed by atoms with Crippen LogP contribution in [0.25, 0.3) is 27.9 Å². The summed E-state index contributed by atoms with van der Waals surface area (Å²) in [5, 5.41) is 6.13. The number of allylic oxidation sites excluding steroid dienone is 1. The minimum atomic E-state index is -0.582. The van der Waals surface area contributed by atoms with E-state index >= 15 is 0 Å². The van der Waals surface area contributed by atoms with Gasteiger partial charge in [-0.25, -0.2) is 9.78 Å². The molecule has 10 heteroatoms. The number of nitrogens with zero attached hydrogens (tertiary/aromatic N) is 4. The highest BCUT2D eigenvalue weighted by molar-refractivity contribution is 5.96. The van der Waals surface area contributed by atoms with Gasteiger partial charge in [-0.3, -0.25) is 20.2 Å². The fourth-order valence-electron chi connectivity index (χ4n) is 4.29. The molecule has 1 aliphatic rings. The van der Waals surface area contributed by atoms with Crippen molar-refractivity contribution in [1.29, 1.82) is 0 Å². The normalized spacial score (nSPS) is 18.6. The number of hydrogen-bond acceptors (Lipinski definition) is 8. The second-order valence-electron chi connectivity index (χ2n) is 9.09. The third kappa shape index (κ3) is 6.41. The van der Waals surface area contributed by atoms with Gasteiger partial charge in [0, 0.05) is 55.3 Å². The molecule has 1 aliphatic heterocycles. The highest BCUT2D eigenvalue weighted by atomic mass is 16.5. The summed E-state index contributed by atoms with van der Waals surface area (Å²) in [4.78, 5) is 31.2. The summed E-state index contributed by atoms with van der Waals surface area (Å²) in [5.74, 6) is 0.276. The molecule has 0 radical (unpaired) electrons. The molecule has 0 aliphatic carbocycles. The number of H-pyrrole nitrogens is 1. The second-order valence-corrected chi connectivity index (χ2v) is 9.09. The predicted octanol–water partition coefficient (Wildman–Crippen LogP) is 3.89. The third-order valence-corrected chi connectivity index (χ3v) is 6.24. The van der Waals surface area contributed by atoms with Gasteiger partial charge < -0.3 is 20.8 Å². The Kier molecular flexibility index (Phi) is 8.32. The van der Waals surface area contributed by atoms with Crippen molar-refractivity contribution in [3.8, 4) is 11.1 Å². The molecular weight excluding hydrogens is 468 g/mol. The summed E-state index contributed by atoms with van der Waals surface area (Å²) in [6.45, 7) is 13.3. The summed E-state index contributed by atoms with van der Waals surface area (Å²) in [6.07, 6.45) is 5.88. The van der Waals surface area contributed by atoms with E-state index in [2.05, 4.69) is 63.1 Å². The molecular formula is C27H34N8O2. The van der Waals surface area contributed by atoms with Crippen molar-refractivity contribution in [2.75, 3.05) is 25.0 Å². The lowest BCUT2D eigenvalue weighted by atomic mass is 10.0. The van der Waals surface area contributed by atoms with Crippen LogP contribution in [0.15, 0.2) is 54.3 Å². The number of aliphatic imine (C=N–C) groups is 1. The van der Waals surface area contributed by atoms with Crippen LogP contribution in [0.3, 0.4) is 0 Å². The maximum Gasteiger partial charge on any atom is 0.413 e. The van der Waals surface area contributed by atoms with Crippen LogP contribution in [0, 0.1) is 0 Å². The molecule has 1 saturated heterocycles. The highest BCUT2D eigenvalue weighted by Gasteiger charge is 2.22. The number of benzene rings is 1.